The van der Waals surface area contributed by atoms with Gasteiger partial charge < -0.3 is 5.32 Å². The van der Waals surface area contributed by atoms with Gasteiger partial charge in [-0.3, -0.25) is 10.4 Å². The maximum absolute atomic E-state index is 5.13. The molecule has 0 aliphatic rings. The van der Waals surface area contributed by atoms with Crippen LogP contribution in [0.25, 0.3) is 0 Å². The van der Waals surface area contributed by atoms with E-state index < -0.39 is 0 Å². The molecule has 0 aliphatic heterocycles. The predicted octanol–water partition coefficient (Wildman–Crippen LogP) is 2.46. The summed E-state index contributed by atoms with van der Waals surface area (Å²) in [6.07, 6.45) is 7.07. The number of hydrogen-bond acceptors (Lipinski definition) is 3. The Morgan fingerprint density at radius 2 is 2.28 bits per heavy atom. The summed E-state index contributed by atoms with van der Waals surface area (Å²) in [7, 11) is 0. The number of rotatable bonds is 6. The zero-order valence-corrected chi connectivity index (χ0v) is 11.8. The minimum absolute atomic E-state index is 0.564. The quantitative estimate of drug-likeness (QED) is 0.359. The van der Waals surface area contributed by atoms with Gasteiger partial charge in [0.15, 0.2) is 5.11 Å². The molecule has 0 unspecified atom stereocenters. The van der Waals surface area contributed by atoms with Gasteiger partial charge in [-0.15, -0.1) is 0 Å². The molecule has 1 aromatic heterocycles. The number of nitrogens with one attached hydrogen (secondary N) is 2. The lowest BCUT2D eigenvalue weighted by molar-refractivity contribution is 0.691. The highest BCUT2D eigenvalue weighted by molar-refractivity contribution is 7.80. The molecule has 0 amide bonds. The van der Waals surface area contributed by atoms with Crippen molar-refractivity contribution in [2.45, 2.75) is 33.1 Å². The zero-order chi connectivity index (χ0) is 13.2. The molecule has 0 saturated heterocycles. The van der Waals surface area contributed by atoms with E-state index in [2.05, 4.69) is 27.8 Å². The molecule has 1 aromatic rings. The van der Waals surface area contributed by atoms with Crippen LogP contribution in [0.15, 0.2) is 29.6 Å². The molecule has 0 fully saturated rings. The molecule has 2 N–H and O–H groups in total. The van der Waals surface area contributed by atoms with E-state index >= 15 is 0 Å². The van der Waals surface area contributed by atoms with Crippen LogP contribution < -0.4 is 10.7 Å². The fourth-order valence-corrected chi connectivity index (χ4v) is 1.54. The molecule has 0 radical (unpaired) electrons. The van der Waals surface area contributed by atoms with Gasteiger partial charge in [0.05, 0.1) is 5.71 Å². The van der Waals surface area contributed by atoms with E-state index in [-0.39, 0.29) is 0 Å². The SMILES string of the molecule is CCCCCNC(=S)N/N=C(/C)c1cccnc1. The monoisotopic (exact) mass is 264 g/mol. The summed E-state index contributed by atoms with van der Waals surface area (Å²) < 4.78 is 0. The molecule has 1 heterocycles. The third-order valence-corrected chi connectivity index (χ3v) is 2.71. The number of thiocarbonyl (C=S) groups is 1. The molecular formula is C13H20N4S. The number of hydrogen-bond donors (Lipinski definition) is 2. The molecule has 0 bridgehead atoms. The topological polar surface area (TPSA) is 49.3 Å². The molecule has 5 heteroatoms. The van der Waals surface area contributed by atoms with Gasteiger partial charge in [0.2, 0.25) is 0 Å². The zero-order valence-electron chi connectivity index (χ0n) is 10.9. The lowest BCUT2D eigenvalue weighted by Crippen LogP contribution is -2.33. The van der Waals surface area contributed by atoms with E-state index in [9.17, 15) is 0 Å². The summed E-state index contributed by atoms with van der Waals surface area (Å²) in [5.74, 6) is 0. The van der Waals surface area contributed by atoms with Crippen molar-refractivity contribution in [2.24, 2.45) is 5.10 Å². The number of pyridine rings is 1. The lowest BCUT2D eigenvalue weighted by atomic mass is 10.2. The second-order valence-corrected chi connectivity index (χ2v) is 4.42. The minimum Gasteiger partial charge on any atom is -0.361 e. The first-order valence-corrected chi connectivity index (χ1v) is 6.63. The molecule has 0 aromatic carbocycles. The Morgan fingerprint density at radius 3 is 2.94 bits per heavy atom. The van der Waals surface area contributed by atoms with E-state index in [1.807, 2.05) is 19.1 Å². The first kappa shape index (κ1) is 14.6. The van der Waals surface area contributed by atoms with Gasteiger partial charge in [0.25, 0.3) is 0 Å². The number of nitrogens with zero attached hydrogens (tertiary/aromatic N) is 2. The van der Waals surface area contributed by atoms with Gasteiger partial charge in [-0.1, -0.05) is 25.8 Å². The smallest absolute Gasteiger partial charge is 0.186 e. The molecule has 18 heavy (non-hydrogen) atoms. The van der Waals surface area contributed by atoms with Crippen molar-refractivity contribution in [1.29, 1.82) is 0 Å². The highest BCUT2D eigenvalue weighted by Gasteiger charge is 1.97. The molecule has 98 valence electrons. The van der Waals surface area contributed by atoms with Crippen molar-refractivity contribution in [3.63, 3.8) is 0 Å². The van der Waals surface area contributed by atoms with E-state index in [0.29, 0.717) is 5.11 Å². The molecule has 1 rings (SSSR count). The van der Waals surface area contributed by atoms with Crippen molar-refractivity contribution in [2.75, 3.05) is 6.54 Å². The average Bonchev–Trinajstić information content (AvgIpc) is 2.42. The van der Waals surface area contributed by atoms with Gasteiger partial charge in [-0.2, -0.15) is 5.10 Å². The van der Waals surface area contributed by atoms with E-state index in [4.69, 9.17) is 12.2 Å². The highest BCUT2D eigenvalue weighted by Crippen LogP contribution is 1.97. The van der Waals surface area contributed by atoms with Crippen molar-refractivity contribution in [3.8, 4) is 0 Å². The van der Waals surface area contributed by atoms with Crippen molar-refractivity contribution < 1.29 is 0 Å². The second kappa shape index (κ2) is 8.58. The van der Waals surface area contributed by atoms with Crippen LogP contribution in [0, 0.1) is 0 Å². The molecular weight excluding hydrogens is 244 g/mol. The largest absolute Gasteiger partial charge is 0.361 e. The summed E-state index contributed by atoms with van der Waals surface area (Å²) >= 11 is 5.13. The van der Waals surface area contributed by atoms with Crippen LogP contribution in [-0.4, -0.2) is 22.4 Å². The van der Waals surface area contributed by atoms with Crippen LogP contribution in [0.5, 0.6) is 0 Å². The number of hydrazone groups is 1. The predicted molar refractivity (Wildman–Crippen MR) is 79.7 cm³/mol. The molecule has 0 saturated carbocycles. The fraction of sp³-hybridized carbons (Fsp3) is 0.462. The van der Waals surface area contributed by atoms with Crippen LogP contribution >= 0.6 is 12.2 Å². The second-order valence-electron chi connectivity index (χ2n) is 4.01. The van der Waals surface area contributed by atoms with Crippen LogP contribution in [0.4, 0.5) is 0 Å². The maximum atomic E-state index is 5.13. The highest BCUT2D eigenvalue weighted by atomic mass is 32.1. The Bertz CT molecular complexity index is 389. The molecule has 0 atom stereocenters. The van der Waals surface area contributed by atoms with E-state index in [1.54, 1.807) is 12.4 Å². The Hall–Kier alpha value is -1.49. The van der Waals surface area contributed by atoms with Gasteiger partial charge in [-0.25, -0.2) is 0 Å². The summed E-state index contributed by atoms with van der Waals surface area (Å²) in [5.41, 5.74) is 4.69. The lowest BCUT2D eigenvalue weighted by Gasteiger charge is -2.07. The van der Waals surface area contributed by atoms with E-state index in [1.165, 1.54) is 12.8 Å². The Morgan fingerprint density at radius 1 is 1.44 bits per heavy atom. The third-order valence-electron chi connectivity index (χ3n) is 2.47. The standard InChI is InChI=1S/C13H20N4S/c1-3-4-5-9-15-13(18)17-16-11(2)12-7-6-8-14-10-12/h6-8,10H,3-5,9H2,1-2H3,(H2,15,17,18)/b16-11-. The van der Waals surface area contributed by atoms with Crippen molar-refractivity contribution in [1.82, 2.24) is 15.7 Å². The van der Waals surface area contributed by atoms with Gasteiger partial charge in [0, 0.05) is 24.5 Å². The molecule has 0 spiro atoms. The Labute approximate surface area is 114 Å². The Kier molecular flexibility index (Phi) is 6.94. The van der Waals surface area contributed by atoms with Crippen LogP contribution in [0.3, 0.4) is 0 Å². The number of aromatic nitrogens is 1. The summed E-state index contributed by atoms with van der Waals surface area (Å²) in [6.45, 7) is 4.99. The number of unbranched alkanes of at least 4 members (excludes halogenated alkanes) is 2. The Balaban J connectivity index is 2.32. The fourth-order valence-electron chi connectivity index (χ4n) is 1.39. The van der Waals surface area contributed by atoms with Crippen LogP contribution in [0.2, 0.25) is 0 Å². The minimum atomic E-state index is 0.564. The molecule has 0 aliphatic carbocycles. The summed E-state index contributed by atoms with van der Waals surface area (Å²) in [5, 5.41) is 7.90. The van der Waals surface area contributed by atoms with Crippen LogP contribution in [0.1, 0.15) is 38.7 Å². The first-order chi connectivity index (χ1) is 8.74. The third kappa shape index (κ3) is 5.72. The summed E-state index contributed by atoms with van der Waals surface area (Å²) in [6, 6.07) is 3.85. The van der Waals surface area contributed by atoms with Gasteiger partial charge >= 0.3 is 0 Å². The van der Waals surface area contributed by atoms with Gasteiger partial charge in [0.1, 0.15) is 0 Å². The van der Waals surface area contributed by atoms with Crippen molar-refractivity contribution in [3.05, 3.63) is 30.1 Å². The summed E-state index contributed by atoms with van der Waals surface area (Å²) in [4.78, 5) is 4.05. The first-order valence-electron chi connectivity index (χ1n) is 6.22. The maximum Gasteiger partial charge on any atom is 0.186 e. The molecule has 4 nitrogen and oxygen atoms in total. The van der Waals surface area contributed by atoms with E-state index in [0.717, 1.165) is 24.2 Å². The van der Waals surface area contributed by atoms with Gasteiger partial charge in [-0.05, 0) is 31.6 Å². The van der Waals surface area contributed by atoms with Crippen LogP contribution in [-0.2, 0) is 0 Å². The normalized spacial score (nSPS) is 11.1. The van der Waals surface area contributed by atoms with Crippen molar-refractivity contribution >= 4 is 23.0 Å². The average molecular weight is 264 g/mol.